The van der Waals surface area contributed by atoms with Crippen LogP contribution in [0.3, 0.4) is 0 Å². The van der Waals surface area contributed by atoms with E-state index < -0.39 is 0 Å². The van der Waals surface area contributed by atoms with Gasteiger partial charge in [-0.05, 0) is 40.2 Å². The zero-order valence-electron chi connectivity index (χ0n) is 9.20. The molecule has 0 aliphatic carbocycles. The Morgan fingerprint density at radius 3 is 2.08 bits per heavy atom. The maximum atomic E-state index is 3.53. The van der Waals surface area contributed by atoms with E-state index in [-0.39, 0.29) is 5.54 Å². The van der Waals surface area contributed by atoms with Gasteiger partial charge in [-0.1, -0.05) is 13.8 Å². The van der Waals surface area contributed by atoms with Gasteiger partial charge in [-0.15, -0.1) is 0 Å². The van der Waals surface area contributed by atoms with Gasteiger partial charge in [0.15, 0.2) is 0 Å². The fourth-order valence-corrected chi connectivity index (χ4v) is 1.14. The summed E-state index contributed by atoms with van der Waals surface area (Å²) in [6, 6.07) is 0. The molecule has 0 aromatic carbocycles. The number of hydrogen-bond acceptors (Lipinski definition) is 2. The first kappa shape index (κ1) is 11.9. The minimum absolute atomic E-state index is 0.210. The van der Waals surface area contributed by atoms with Crippen LogP contribution in [0.5, 0.6) is 0 Å². The molecule has 0 aliphatic rings. The van der Waals surface area contributed by atoms with E-state index in [1.165, 1.54) is 6.42 Å². The molecule has 12 heavy (non-hydrogen) atoms. The van der Waals surface area contributed by atoms with Crippen molar-refractivity contribution in [2.24, 2.45) is 0 Å². The molecule has 2 heteroatoms. The minimum atomic E-state index is 0.210. The third-order valence-electron chi connectivity index (χ3n) is 1.66. The quantitative estimate of drug-likeness (QED) is 0.621. The Kier molecular flexibility index (Phi) is 5.51. The summed E-state index contributed by atoms with van der Waals surface area (Å²) in [5.74, 6) is 0. The van der Waals surface area contributed by atoms with Crippen LogP contribution >= 0.6 is 0 Å². The van der Waals surface area contributed by atoms with Crippen LogP contribution in [-0.4, -0.2) is 18.2 Å². The van der Waals surface area contributed by atoms with Gasteiger partial charge in [0.2, 0.25) is 0 Å². The average molecular weight is 172 g/mol. The van der Waals surface area contributed by atoms with Gasteiger partial charge in [0, 0.05) is 5.54 Å². The molecule has 0 fully saturated rings. The lowest BCUT2D eigenvalue weighted by Gasteiger charge is -2.28. The van der Waals surface area contributed by atoms with Crippen molar-refractivity contribution in [3.8, 4) is 0 Å². The van der Waals surface area contributed by atoms with Crippen molar-refractivity contribution in [1.29, 1.82) is 0 Å². The van der Waals surface area contributed by atoms with Gasteiger partial charge in [0.05, 0.1) is 6.17 Å². The summed E-state index contributed by atoms with van der Waals surface area (Å²) in [5.41, 5.74) is 0.210. The van der Waals surface area contributed by atoms with Crippen molar-refractivity contribution in [2.75, 3.05) is 6.54 Å². The van der Waals surface area contributed by atoms with Crippen LogP contribution in [0.25, 0.3) is 0 Å². The molecule has 0 aromatic heterocycles. The van der Waals surface area contributed by atoms with Crippen LogP contribution in [-0.2, 0) is 0 Å². The molecule has 0 aliphatic heterocycles. The van der Waals surface area contributed by atoms with Gasteiger partial charge in [-0.2, -0.15) is 0 Å². The van der Waals surface area contributed by atoms with E-state index in [9.17, 15) is 0 Å². The molecule has 0 saturated heterocycles. The maximum absolute atomic E-state index is 3.53. The lowest BCUT2D eigenvalue weighted by molar-refractivity contribution is 0.311. The lowest BCUT2D eigenvalue weighted by atomic mass is 10.1. The van der Waals surface area contributed by atoms with Crippen molar-refractivity contribution >= 4 is 0 Å². The van der Waals surface area contributed by atoms with Crippen molar-refractivity contribution < 1.29 is 0 Å². The van der Waals surface area contributed by atoms with E-state index in [1.54, 1.807) is 0 Å². The van der Waals surface area contributed by atoms with Gasteiger partial charge in [0.1, 0.15) is 0 Å². The summed E-state index contributed by atoms with van der Waals surface area (Å²) < 4.78 is 0. The summed E-state index contributed by atoms with van der Waals surface area (Å²) in [5, 5.41) is 6.99. The molecule has 2 N–H and O–H groups in total. The molecule has 0 rings (SSSR count). The summed E-state index contributed by atoms with van der Waals surface area (Å²) in [4.78, 5) is 0. The largest absolute Gasteiger partial charge is 0.302 e. The Hall–Kier alpha value is -0.0800. The summed E-state index contributed by atoms with van der Waals surface area (Å²) in [7, 11) is 0. The lowest BCUT2D eigenvalue weighted by Crippen LogP contribution is -2.50. The predicted molar refractivity (Wildman–Crippen MR) is 55.3 cm³/mol. The van der Waals surface area contributed by atoms with Crippen LogP contribution < -0.4 is 10.6 Å². The van der Waals surface area contributed by atoms with Crippen LogP contribution in [0.1, 0.15) is 47.5 Å². The molecular weight excluding hydrogens is 148 g/mol. The number of rotatable bonds is 5. The van der Waals surface area contributed by atoms with Crippen molar-refractivity contribution in [2.45, 2.75) is 59.2 Å². The highest BCUT2D eigenvalue weighted by molar-refractivity contribution is 4.75. The summed E-state index contributed by atoms with van der Waals surface area (Å²) >= 11 is 0. The molecule has 0 spiro atoms. The van der Waals surface area contributed by atoms with Crippen LogP contribution in [0.4, 0.5) is 0 Å². The molecule has 0 aromatic rings. The molecule has 1 unspecified atom stereocenters. The highest BCUT2D eigenvalue weighted by Crippen LogP contribution is 2.01. The Morgan fingerprint density at radius 1 is 1.17 bits per heavy atom. The maximum Gasteiger partial charge on any atom is 0.0572 e. The monoisotopic (exact) mass is 172 g/mol. The zero-order chi connectivity index (χ0) is 9.61. The van der Waals surface area contributed by atoms with Crippen LogP contribution in [0.2, 0.25) is 0 Å². The normalized spacial score (nSPS) is 14.8. The van der Waals surface area contributed by atoms with Crippen LogP contribution in [0.15, 0.2) is 0 Å². The first-order valence-electron chi connectivity index (χ1n) is 5.00. The molecule has 0 amide bonds. The van der Waals surface area contributed by atoms with Gasteiger partial charge in [0.25, 0.3) is 0 Å². The van der Waals surface area contributed by atoms with Gasteiger partial charge in [-0.3, -0.25) is 5.32 Å². The first-order valence-corrected chi connectivity index (χ1v) is 5.00. The first-order chi connectivity index (χ1) is 5.49. The van der Waals surface area contributed by atoms with E-state index >= 15 is 0 Å². The van der Waals surface area contributed by atoms with E-state index in [0.717, 1.165) is 13.0 Å². The molecule has 0 radical (unpaired) electrons. The molecule has 0 bridgehead atoms. The Bertz CT molecular complexity index is 105. The SMILES string of the molecule is CCCNC(CC)NC(C)(C)C. The Morgan fingerprint density at radius 2 is 1.75 bits per heavy atom. The molecule has 1 atom stereocenters. The topological polar surface area (TPSA) is 24.1 Å². The van der Waals surface area contributed by atoms with Crippen molar-refractivity contribution in [1.82, 2.24) is 10.6 Å². The van der Waals surface area contributed by atoms with Gasteiger partial charge >= 0.3 is 0 Å². The number of nitrogens with one attached hydrogen (secondary N) is 2. The second-order valence-corrected chi connectivity index (χ2v) is 4.31. The average Bonchev–Trinajstić information content (AvgIpc) is 1.95. The molecule has 2 nitrogen and oxygen atoms in total. The fourth-order valence-electron chi connectivity index (χ4n) is 1.14. The van der Waals surface area contributed by atoms with E-state index in [0.29, 0.717) is 6.17 Å². The highest BCUT2D eigenvalue weighted by atomic mass is 15.1. The molecular formula is C10H24N2. The third-order valence-corrected chi connectivity index (χ3v) is 1.66. The standard InChI is InChI=1S/C10H24N2/c1-6-8-11-9(7-2)12-10(3,4)5/h9,11-12H,6-8H2,1-5H3. The van der Waals surface area contributed by atoms with E-state index in [4.69, 9.17) is 0 Å². The van der Waals surface area contributed by atoms with E-state index in [2.05, 4.69) is 45.3 Å². The summed E-state index contributed by atoms with van der Waals surface area (Å²) in [6.07, 6.45) is 2.80. The fraction of sp³-hybridized carbons (Fsp3) is 1.00. The highest BCUT2D eigenvalue weighted by Gasteiger charge is 2.14. The molecule has 0 heterocycles. The minimum Gasteiger partial charge on any atom is -0.302 e. The van der Waals surface area contributed by atoms with Crippen molar-refractivity contribution in [3.63, 3.8) is 0 Å². The van der Waals surface area contributed by atoms with E-state index in [1.807, 2.05) is 0 Å². The smallest absolute Gasteiger partial charge is 0.0572 e. The van der Waals surface area contributed by atoms with Gasteiger partial charge < -0.3 is 5.32 Å². The van der Waals surface area contributed by atoms with Crippen molar-refractivity contribution in [3.05, 3.63) is 0 Å². The number of hydrogen-bond donors (Lipinski definition) is 2. The zero-order valence-corrected chi connectivity index (χ0v) is 9.20. The second-order valence-electron chi connectivity index (χ2n) is 4.31. The Labute approximate surface area is 77.1 Å². The third kappa shape index (κ3) is 6.62. The summed E-state index contributed by atoms with van der Waals surface area (Å²) in [6.45, 7) is 12.1. The Balaban J connectivity index is 3.67. The molecule has 74 valence electrons. The predicted octanol–water partition coefficient (Wildman–Crippen LogP) is 2.11. The van der Waals surface area contributed by atoms with Gasteiger partial charge in [-0.25, -0.2) is 0 Å². The second kappa shape index (κ2) is 5.55. The van der Waals surface area contributed by atoms with Crippen LogP contribution in [0, 0.1) is 0 Å². The molecule has 0 saturated carbocycles.